The van der Waals surface area contributed by atoms with Crippen LogP contribution in [0.4, 0.5) is 0 Å². The second kappa shape index (κ2) is 11.4. The molecule has 1 saturated heterocycles. The van der Waals surface area contributed by atoms with Gasteiger partial charge in [0.05, 0.1) is 31.0 Å². The van der Waals surface area contributed by atoms with Gasteiger partial charge in [-0.15, -0.1) is 10.2 Å². The number of carbonyl (C=O) groups is 2. The summed E-state index contributed by atoms with van der Waals surface area (Å²) in [4.78, 5) is 26.8. The van der Waals surface area contributed by atoms with Crippen LogP contribution >= 0.6 is 11.8 Å². The molecule has 1 aliphatic rings. The van der Waals surface area contributed by atoms with Crippen molar-refractivity contribution in [1.82, 2.24) is 19.7 Å². The van der Waals surface area contributed by atoms with Crippen LogP contribution in [-0.2, 0) is 14.3 Å². The van der Waals surface area contributed by atoms with Gasteiger partial charge < -0.3 is 14.4 Å². The molecule has 1 aliphatic heterocycles. The highest BCUT2D eigenvalue weighted by Crippen LogP contribution is 2.33. The Morgan fingerprint density at radius 2 is 1.77 bits per heavy atom. The van der Waals surface area contributed by atoms with E-state index in [-0.39, 0.29) is 23.5 Å². The number of methoxy groups -OCH3 is 1. The molecule has 2 aromatic carbocycles. The summed E-state index contributed by atoms with van der Waals surface area (Å²) >= 11 is 1.36. The van der Waals surface area contributed by atoms with E-state index in [1.54, 1.807) is 7.11 Å². The van der Waals surface area contributed by atoms with Crippen molar-refractivity contribution in [3.8, 4) is 22.8 Å². The third kappa shape index (κ3) is 5.67. The van der Waals surface area contributed by atoms with E-state index in [0.29, 0.717) is 49.3 Å². The molecule has 9 heteroatoms. The number of thioether (sulfide) groups is 1. The number of rotatable bonds is 8. The van der Waals surface area contributed by atoms with Crippen LogP contribution in [0.5, 0.6) is 5.75 Å². The van der Waals surface area contributed by atoms with Crippen LogP contribution in [0.25, 0.3) is 17.1 Å². The molecule has 0 atom stereocenters. The van der Waals surface area contributed by atoms with Crippen molar-refractivity contribution in [3.63, 3.8) is 0 Å². The number of hydrogen-bond acceptors (Lipinski definition) is 7. The molecular formula is C26H30N4O4S. The van der Waals surface area contributed by atoms with E-state index in [1.807, 2.05) is 71.8 Å². The highest BCUT2D eigenvalue weighted by Gasteiger charge is 2.28. The number of benzene rings is 2. The smallest absolute Gasteiger partial charge is 0.309 e. The molecule has 0 saturated carbocycles. The average Bonchev–Trinajstić information content (AvgIpc) is 3.31. The van der Waals surface area contributed by atoms with E-state index in [1.165, 1.54) is 11.8 Å². The predicted molar refractivity (Wildman–Crippen MR) is 135 cm³/mol. The molecular weight excluding hydrogens is 464 g/mol. The number of carbonyl (C=O) groups excluding carboxylic acids is 2. The summed E-state index contributed by atoms with van der Waals surface area (Å²) in [6.07, 6.45) is 1.26. The van der Waals surface area contributed by atoms with E-state index in [0.717, 1.165) is 16.8 Å². The Morgan fingerprint density at radius 3 is 2.46 bits per heavy atom. The van der Waals surface area contributed by atoms with Crippen molar-refractivity contribution < 1.29 is 19.1 Å². The number of amides is 1. The number of para-hydroxylation sites is 1. The zero-order valence-corrected chi connectivity index (χ0v) is 21.1. The summed E-state index contributed by atoms with van der Waals surface area (Å²) < 4.78 is 12.6. The Labute approximate surface area is 209 Å². The SMILES string of the molecule is CCOC(=O)C1CCN(C(=O)CSc2nnc(-c3ccccc3OC)n2-c2ccc(C)cc2)CC1. The lowest BCUT2D eigenvalue weighted by Gasteiger charge is -2.30. The van der Waals surface area contributed by atoms with Crippen molar-refractivity contribution in [2.75, 3.05) is 32.6 Å². The van der Waals surface area contributed by atoms with Gasteiger partial charge in [0.1, 0.15) is 5.75 Å². The predicted octanol–water partition coefficient (Wildman–Crippen LogP) is 4.15. The zero-order valence-electron chi connectivity index (χ0n) is 20.3. The van der Waals surface area contributed by atoms with Crippen LogP contribution in [0.2, 0.25) is 0 Å². The van der Waals surface area contributed by atoms with Crippen LogP contribution in [0.3, 0.4) is 0 Å². The van der Waals surface area contributed by atoms with Crippen molar-refractivity contribution in [2.24, 2.45) is 5.92 Å². The highest BCUT2D eigenvalue weighted by atomic mass is 32.2. The topological polar surface area (TPSA) is 86.6 Å². The second-order valence-corrected chi connectivity index (χ2v) is 9.32. The molecule has 0 bridgehead atoms. The second-order valence-electron chi connectivity index (χ2n) is 8.37. The molecule has 35 heavy (non-hydrogen) atoms. The summed E-state index contributed by atoms with van der Waals surface area (Å²) in [5, 5.41) is 9.52. The molecule has 2 heterocycles. The Balaban J connectivity index is 1.52. The van der Waals surface area contributed by atoms with Crippen LogP contribution in [-0.4, -0.2) is 64.1 Å². The lowest BCUT2D eigenvalue weighted by Crippen LogP contribution is -2.41. The van der Waals surface area contributed by atoms with Gasteiger partial charge in [-0.1, -0.05) is 41.6 Å². The van der Waals surface area contributed by atoms with Gasteiger partial charge in [0.25, 0.3) is 0 Å². The summed E-state index contributed by atoms with van der Waals surface area (Å²) in [5.41, 5.74) is 2.88. The molecule has 0 radical (unpaired) electrons. The first-order valence-electron chi connectivity index (χ1n) is 11.7. The Hall–Kier alpha value is -3.33. The van der Waals surface area contributed by atoms with Gasteiger partial charge in [-0.05, 0) is 51.0 Å². The van der Waals surface area contributed by atoms with E-state index < -0.39 is 0 Å². The monoisotopic (exact) mass is 494 g/mol. The largest absolute Gasteiger partial charge is 0.496 e. The normalized spacial score (nSPS) is 14.1. The molecule has 3 aromatic rings. The third-order valence-electron chi connectivity index (χ3n) is 6.07. The number of ether oxygens (including phenoxy) is 2. The first-order chi connectivity index (χ1) is 17.0. The number of aromatic nitrogens is 3. The molecule has 0 spiro atoms. The number of likely N-dealkylation sites (tertiary alicyclic amines) is 1. The molecule has 4 rings (SSSR count). The molecule has 8 nitrogen and oxygen atoms in total. The van der Waals surface area contributed by atoms with Gasteiger partial charge >= 0.3 is 5.97 Å². The van der Waals surface area contributed by atoms with E-state index in [4.69, 9.17) is 9.47 Å². The molecule has 184 valence electrons. The minimum atomic E-state index is -0.163. The number of esters is 1. The standard InChI is InChI=1S/C26H30N4O4S/c1-4-34-25(32)19-13-15-29(16-14-19)23(31)17-35-26-28-27-24(21-7-5-6-8-22(21)33-3)30(26)20-11-9-18(2)10-12-20/h5-12,19H,4,13-17H2,1-3H3. The minimum absolute atomic E-state index is 0.0228. The third-order valence-corrected chi connectivity index (χ3v) is 6.98. The molecule has 0 unspecified atom stereocenters. The van der Waals surface area contributed by atoms with Gasteiger partial charge in [0, 0.05) is 18.8 Å². The maximum absolute atomic E-state index is 13.0. The van der Waals surface area contributed by atoms with Crippen LogP contribution in [0, 0.1) is 12.8 Å². The first kappa shape index (κ1) is 24.8. The van der Waals surface area contributed by atoms with Gasteiger partial charge in [0.2, 0.25) is 5.91 Å². The van der Waals surface area contributed by atoms with E-state index in [2.05, 4.69) is 10.2 Å². The van der Waals surface area contributed by atoms with Gasteiger partial charge in [-0.2, -0.15) is 0 Å². The van der Waals surface area contributed by atoms with Crippen molar-refractivity contribution in [1.29, 1.82) is 0 Å². The molecule has 1 amide bonds. The summed E-state index contributed by atoms with van der Waals surface area (Å²) in [6, 6.07) is 15.8. The summed E-state index contributed by atoms with van der Waals surface area (Å²) in [5.74, 6) is 1.32. The van der Waals surface area contributed by atoms with E-state index >= 15 is 0 Å². The zero-order chi connectivity index (χ0) is 24.8. The lowest BCUT2D eigenvalue weighted by molar-refractivity contribution is -0.151. The van der Waals surface area contributed by atoms with Crippen molar-refractivity contribution in [2.45, 2.75) is 31.8 Å². The molecule has 1 fully saturated rings. The van der Waals surface area contributed by atoms with Crippen molar-refractivity contribution >= 4 is 23.6 Å². The Bertz CT molecular complexity index is 1170. The van der Waals surface area contributed by atoms with E-state index in [9.17, 15) is 9.59 Å². The van der Waals surface area contributed by atoms with Gasteiger partial charge in [0.15, 0.2) is 11.0 Å². The van der Waals surface area contributed by atoms with Crippen LogP contribution in [0.15, 0.2) is 53.7 Å². The highest BCUT2D eigenvalue weighted by molar-refractivity contribution is 7.99. The van der Waals surface area contributed by atoms with Gasteiger partial charge in [-0.3, -0.25) is 14.2 Å². The molecule has 1 aromatic heterocycles. The Morgan fingerprint density at radius 1 is 1.06 bits per heavy atom. The number of aryl methyl sites for hydroxylation is 1. The quantitative estimate of drug-likeness (QED) is 0.344. The summed E-state index contributed by atoms with van der Waals surface area (Å²) in [7, 11) is 1.63. The number of hydrogen-bond donors (Lipinski definition) is 0. The maximum atomic E-state index is 13.0. The number of nitrogens with zero attached hydrogens (tertiary/aromatic N) is 4. The lowest BCUT2D eigenvalue weighted by atomic mass is 9.97. The first-order valence-corrected chi connectivity index (χ1v) is 12.7. The maximum Gasteiger partial charge on any atom is 0.309 e. The van der Waals surface area contributed by atoms with Crippen molar-refractivity contribution in [3.05, 3.63) is 54.1 Å². The average molecular weight is 495 g/mol. The fourth-order valence-corrected chi connectivity index (χ4v) is 4.99. The van der Waals surface area contributed by atoms with Crippen LogP contribution < -0.4 is 4.74 Å². The fourth-order valence-electron chi connectivity index (χ4n) is 4.14. The number of piperidine rings is 1. The fraction of sp³-hybridized carbons (Fsp3) is 0.385. The van der Waals surface area contributed by atoms with Gasteiger partial charge in [-0.25, -0.2) is 0 Å². The molecule has 0 aliphatic carbocycles. The summed E-state index contributed by atoms with van der Waals surface area (Å²) in [6.45, 7) is 5.34. The molecule has 0 N–H and O–H groups in total. The van der Waals surface area contributed by atoms with Crippen LogP contribution in [0.1, 0.15) is 25.3 Å². The Kier molecular flexibility index (Phi) is 8.07. The minimum Gasteiger partial charge on any atom is -0.496 e.